The Labute approximate surface area is 105 Å². The summed E-state index contributed by atoms with van der Waals surface area (Å²) in [5.74, 6) is -0.978. The van der Waals surface area contributed by atoms with E-state index in [1.54, 1.807) is 16.8 Å². The van der Waals surface area contributed by atoms with E-state index in [4.69, 9.17) is 5.11 Å². The van der Waals surface area contributed by atoms with Crippen LogP contribution >= 0.6 is 0 Å². The van der Waals surface area contributed by atoms with Crippen LogP contribution < -0.4 is 0 Å². The summed E-state index contributed by atoms with van der Waals surface area (Å²) in [6.07, 6.45) is 0. The minimum absolute atomic E-state index is 0.191. The van der Waals surface area contributed by atoms with Crippen LogP contribution in [0.5, 0.6) is 0 Å². The molecular formula is C12H16N4O2. The van der Waals surface area contributed by atoms with Crippen molar-refractivity contribution in [2.24, 2.45) is 0 Å². The van der Waals surface area contributed by atoms with Crippen LogP contribution in [0.3, 0.4) is 0 Å². The molecule has 1 unspecified atom stereocenters. The van der Waals surface area contributed by atoms with Gasteiger partial charge in [-0.3, -0.25) is 0 Å². The van der Waals surface area contributed by atoms with Crippen LogP contribution in [0.15, 0.2) is 18.2 Å². The maximum atomic E-state index is 11.1. The van der Waals surface area contributed by atoms with Crippen molar-refractivity contribution in [3.63, 3.8) is 0 Å². The summed E-state index contributed by atoms with van der Waals surface area (Å²) in [6, 6.07) is 5.39. The predicted molar refractivity (Wildman–Crippen MR) is 67.6 cm³/mol. The van der Waals surface area contributed by atoms with Gasteiger partial charge in [-0.25, -0.2) is 9.48 Å². The molecule has 2 aromatic rings. The Morgan fingerprint density at radius 2 is 2.22 bits per heavy atom. The van der Waals surface area contributed by atoms with E-state index in [1.165, 1.54) is 0 Å². The van der Waals surface area contributed by atoms with Crippen molar-refractivity contribution in [2.75, 3.05) is 14.1 Å². The van der Waals surface area contributed by atoms with Gasteiger partial charge in [0.05, 0.1) is 17.6 Å². The predicted octanol–water partition coefficient (Wildman–Crippen LogP) is 1.08. The smallest absolute Gasteiger partial charge is 0.338 e. The van der Waals surface area contributed by atoms with Gasteiger partial charge in [0.25, 0.3) is 0 Å². The molecule has 1 aromatic heterocycles. The second-order valence-corrected chi connectivity index (χ2v) is 4.56. The van der Waals surface area contributed by atoms with Gasteiger partial charge in [0.15, 0.2) is 0 Å². The number of likely N-dealkylation sites (N-methyl/N-ethyl adjacent to an activating group) is 1. The molecule has 1 heterocycles. The number of aromatic carboxylic acids is 1. The third kappa shape index (κ3) is 2.19. The fourth-order valence-electron chi connectivity index (χ4n) is 1.71. The van der Waals surface area contributed by atoms with E-state index in [1.807, 2.05) is 20.2 Å². The first-order valence-corrected chi connectivity index (χ1v) is 5.72. The topological polar surface area (TPSA) is 71.2 Å². The second-order valence-electron chi connectivity index (χ2n) is 4.56. The lowest BCUT2D eigenvalue weighted by Crippen LogP contribution is -2.29. The lowest BCUT2D eigenvalue weighted by Gasteiger charge is -2.19. The molecule has 0 aliphatic heterocycles. The molecular weight excluding hydrogens is 232 g/mol. The number of hydrogen-bond acceptors (Lipinski definition) is 4. The van der Waals surface area contributed by atoms with Crippen LogP contribution in [0.1, 0.15) is 17.3 Å². The number of carbonyl (C=O) groups is 1. The Bertz CT molecular complexity index is 576. The number of carboxylic acids is 1. The Morgan fingerprint density at radius 3 is 2.83 bits per heavy atom. The molecule has 0 saturated carbocycles. The fourth-order valence-corrected chi connectivity index (χ4v) is 1.71. The molecule has 6 heteroatoms. The molecule has 2 rings (SSSR count). The molecule has 0 aliphatic carbocycles. The maximum absolute atomic E-state index is 11.1. The maximum Gasteiger partial charge on any atom is 0.338 e. The van der Waals surface area contributed by atoms with Gasteiger partial charge in [-0.1, -0.05) is 11.3 Å². The highest BCUT2D eigenvalue weighted by molar-refractivity contribution is 6.00. The van der Waals surface area contributed by atoms with Crippen LogP contribution in [0.25, 0.3) is 11.0 Å². The highest BCUT2D eigenvalue weighted by atomic mass is 16.4. The quantitative estimate of drug-likeness (QED) is 0.876. The summed E-state index contributed by atoms with van der Waals surface area (Å²) < 4.78 is 1.74. The van der Waals surface area contributed by atoms with Gasteiger partial charge >= 0.3 is 5.97 Å². The minimum Gasteiger partial charge on any atom is -0.478 e. The standard InChI is InChI=1S/C12H16N4O2/c1-8(15(2)3)7-16-10-6-4-5-9(12(17)18)11(10)13-14-16/h4-6,8H,7H2,1-3H3,(H,17,18). The molecule has 6 nitrogen and oxygen atoms in total. The zero-order valence-corrected chi connectivity index (χ0v) is 10.7. The number of nitrogens with zero attached hydrogens (tertiary/aromatic N) is 4. The molecule has 18 heavy (non-hydrogen) atoms. The molecule has 1 aromatic carbocycles. The molecule has 0 radical (unpaired) electrons. The van der Waals surface area contributed by atoms with Crippen LogP contribution in [0.4, 0.5) is 0 Å². The number of benzene rings is 1. The van der Waals surface area contributed by atoms with Gasteiger partial charge in [-0.2, -0.15) is 0 Å². The molecule has 0 amide bonds. The highest BCUT2D eigenvalue weighted by Gasteiger charge is 2.15. The van der Waals surface area contributed by atoms with Gasteiger partial charge < -0.3 is 10.0 Å². The average Bonchev–Trinajstić information content (AvgIpc) is 2.72. The molecule has 0 bridgehead atoms. The van der Waals surface area contributed by atoms with Crippen LogP contribution in [-0.2, 0) is 6.54 Å². The molecule has 1 atom stereocenters. The number of rotatable bonds is 4. The first-order chi connectivity index (χ1) is 8.50. The van der Waals surface area contributed by atoms with E-state index in [9.17, 15) is 4.79 Å². The summed E-state index contributed by atoms with van der Waals surface area (Å²) in [6.45, 7) is 2.75. The Hall–Kier alpha value is -1.95. The van der Waals surface area contributed by atoms with Gasteiger partial charge in [0, 0.05) is 6.04 Å². The minimum atomic E-state index is -0.978. The Morgan fingerprint density at radius 1 is 1.50 bits per heavy atom. The zero-order chi connectivity index (χ0) is 13.3. The zero-order valence-electron chi connectivity index (χ0n) is 10.7. The van der Waals surface area contributed by atoms with E-state index in [-0.39, 0.29) is 5.56 Å². The average molecular weight is 248 g/mol. The highest BCUT2D eigenvalue weighted by Crippen LogP contribution is 2.16. The van der Waals surface area contributed by atoms with Crippen molar-refractivity contribution < 1.29 is 9.90 Å². The fraction of sp³-hybridized carbons (Fsp3) is 0.417. The van der Waals surface area contributed by atoms with E-state index in [0.717, 1.165) is 5.52 Å². The van der Waals surface area contributed by atoms with Gasteiger partial charge in [-0.05, 0) is 33.2 Å². The summed E-state index contributed by atoms with van der Waals surface area (Å²) in [7, 11) is 3.99. The largest absolute Gasteiger partial charge is 0.478 e. The van der Waals surface area contributed by atoms with Crippen molar-refractivity contribution in [3.8, 4) is 0 Å². The molecule has 0 aliphatic rings. The van der Waals surface area contributed by atoms with Crippen molar-refractivity contribution in [3.05, 3.63) is 23.8 Å². The summed E-state index contributed by atoms with van der Waals surface area (Å²) >= 11 is 0. The van der Waals surface area contributed by atoms with E-state index >= 15 is 0 Å². The number of aromatic nitrogens is 3. The molecule has 1 N–H and O–H groups in total. The van der Waals surface area contributed by atoms with Crippen molar-refractivity contribution in [1.29, 1.82) is 0 Å². The third-order valence-corrected chi connectivity index (χ3v) is 3.09. The first-order valence-electron chi connectivity index (χ1n) is 5.72. The number of hydrogen-bond donors (Lipinski definition) is 1. The van der Waals surface area contributed by atoms with E-state index < -0.39 is 5.97 Å². The molecule has 0 spiro atoms. The number of fused-ring (bicyclic) bond motifs is 1. The van der Waals surface area contributed by atoms with Gasteiger partial charge in [0.1, 0.15) is 5.52 Å². The third-order valence-electron chi connectivity index (χ3n) is 3.09. The first kappa shape index (κ1) is 12.5. The van der Waals surface area contributed by atoms with Crippen molar-refractivity contribution >= 4 is 17.0 Å². The summed E-state index contributed by atoms with van der Waals surface area (Å²) in [5, 5.41) is 17.1. The van der Waals surface area contributed by atoms with Gasteiger partial charge in [-0.15, -0.1) is 5.10 Å². The van der Waals surface area contributed by atoms with E-state index in [0.29, 0.717) is 18.1 Å². The van der Waals surface area contributed by atoms with Gasteiger partial charge in [0.2, 0.25) is 0 Å². The second kappa shape index (κ2) is 4.73. The van der Waals surface area contributed by atoms with E-state index in [2.05, 4.69) is 22.1 Å². The molecule has 0 fully saturated rings. The Kier molecular flexibility index (Phi) is 3.29. The molecule has 96 valence electrons. The van der Waals surface area contributed by atoms with Crippen LogP contribution in [-0.4, -0.2) is 51.1 Å². The lowest BCUT2D eigenvalue weighted by atomic mass is 10.2. The van der Waals surface area contributed by atoms with Crippen molar-refractivity contribution in [1.82, 2.24) is 19.9 Å². The normalized spacial score (nSPS) is 13.1. The molecule has 0 saturated heterocycles. The van der Waals surface area contributed by atoms with Crippen LogP contribution in [0.2, 0.25) is 0 Å². The number of carboxylic acid groups (broad SMARTS) is 1. The Balaban J connectivity index is 2.43. The van der Waals surface area contributed by atoms with Crippen molar-refractivity contribution in [2.45, 2.75) is 19.5 Å². The lowest BCUT2D eigenvalue weighted by molar-refractivity contribution is 0.0699. The van der Waals surface area contributed by atoms with Crippen LogP contribution in [0, 0.1) is 0 Å². The SMILES string of the molecule is CC(Cn1nnc2c(C(=O)O)cccc21)N(C)C. The monoisotopic (exact) mass is 248 g/mol. The summed E-state index contributed by atoms with van der Waals surface area (Å²) in [4.78, 5) is 13.1. The summed E-state index contributed by atoms with van der Waals surface area (Å²) in [5.41, 5.74) is 1.39.